The number of likely N-dealkylation sites (tertiary alicyclic amines) is 1. The van der Waals surface area contributed by atoms with Crippen molar-refractivity contribution in [3.8, 4) is 0 Å². The maximum Gasteiger partial charge on any atom is 0.225 e. The fourth-order valence-corrected chi connectivity index (χ4v) is 5.19. The summed E-state index contributed by atoms with van der Waals surface area (Å²) < 4.78 is 19.1. The highest BCUT2D eigenvalue weighted by Gasteiger charge is 2.52. The number of thioether (sulfide) groups is 1. The summed E-state index contributed by atoms with van der Waals surface area (Å²) in [5, 5.41) is 0. The van der Waals surface area contributed by atoms with Crippen LogP contribution < -0.4 is 0 Å². The number of nitrogens with zero attached hydrogens (tertiary/aromatic N) is 2. The smallest absolute Gasteiger partial charge is 0.225 e. The number of alkyl halides is 1. The number of carbonyl (C=O) groups is 1. The molecule has 0 aromatic carbocycles. The van der Waals surface area contributed by atoms with Gasteiger partial charge in [0, 0.05) is 37.2 Å². The first-order valence-electron chi connectivity index (χ1n) is 8.21. The predicted molar refractivity (Wildman–Crippen MR) is 86.8 cm³/mol. The molecule has 3 aliphatic rings. The molecule has 0 radical (unpaired) electrons. The van der Waals surface area contributed by atoms with Crippen molar-refractivity contribution in [3.05, 3.63) is 30.1 Å². The van der Waals surface area contributed by atoms with Gasteiger partial charge in [0.2, 0.25) is 5.91 Å². The van der Waals surface area contributed by atoms with Crippen LogP contribution in [0.25, 0.3) is 0 Å². The molecule has 124 valence electrons. The summed E-state index contributed by atoms with van der Waals surface area (Å²) in [7, 11) is 0. The van der Waals surface area contributed by atoms with E-state index in [2.05, 4.69) is 4.98 Å². The fourth-order valence-electron chi connectivity index (χ4n) is 3.64. The molecule has 4 nitrogen and oxygen atoms in total. The molecule has 23 heavy (non-hydrogen) atoms. The van der Waals surface area contributed by atoms with Crippen LogP contribution in [-0.2, 0) is 16.1 Å². The quantitative estimate of drug-likeness (QED) is 0.847. The van der Waals surface area contributed by atoms with E-state index in [9.17, 15) is 9.18 Å². The predicted octanol–water partition coefficient (Wildman–Crippen LogP) is 2.43. The van der Waals surface area contributed by atoms with E-state index in [-0.39, 0.29) is 22.7 Å². The van der Waals surface area contributed by atoms with E-state index in [0.29, 0.717) is 19.4 Å². The molecule has 0 N–H and O–H groups in total. The van der Waals surface area contributed by atoms with Crippen molar-refractivity contribution >= 4 is 17.7 Å². The Labute approximate surface area is 139 Å². The molecule has 0 bridgehead atoms. The minimum absolute atomic E-state index is 0.0635. The van der Waals surface area contributed by atoms with Crippen LogP contribution in [0.4, 0.5) is 4.39 Å². The minimum Gasteiger partial charge on any atom is -0.373 e. The van der Waals surface area contributed by atoms with Crippen molar-refractivity contribution in [1.82, 2.24) is 9.88 Å². The standard InChI is InChI=1S/C17H21FN2O2S/c18-14-4-13(5-14)16(21)20-10-17(11-20)6-15(9-23-17)22-8-12-2-1-3-19-7-12/h1-3,7,13-15H,4-6,8-11H2. The fraction of sp³-hybridized carbons (Fsp3) is 0.647. The average molecular weight is 336 g/mol. The summed E-state index contributed by atoms with van der Waals surface area (Å²) in [4.78, 5) is 18.2. The number of rotatable bonds is 4. The van der Waals surface area contributed by atoms with Gasteiger partial charge in [-0.3, -0.25) is 9.78 Å². The second kappa shape index (κ2) is 6.06. The summed E-state index contributed by atoms with van der Waals surface area (Å²) in [5.41, 5.74) is 1.09. The molecular formula is C17H21FN2O2S. The Morgan fingerprint density at radius 2 is 2.30 bits per heavy atom. The summed E-state index contributed by atoms with van der Waals surface area (Å²) in [6, 6.07) is 3.94. The van der Waals surface area contributed by atoms with Crippen LogP contribution in [-0.4, -0.2) is 51.7 Å². The number of hydrogen-bond acceptors (Lipinski definition) is 4. The number of pyridine rings is 1. The molecule has 4 rings (SSSR count). The molecule has 1 aromatic rings. The van der Waals surface area contributed by atoms with Gasteiger partial charge in [0.05, 0.1) is 17.5 Å². The van der Waals surface area contributed by atoms with Gasteiger partial charge in [0.25, 0.3) is 0 Å². The zero-order valence-corrected chi connectivity index (χ0v) is 13.8. The molecule has 1 aliphatic carbocycles. The van der Waals surface area contributed by atoms with Gasteiger partial charge in [-0.2, -0.15) is 0 Å². The van der Waals surface area contributed by atoms with Gasteiger partial charge in [0.1, 0.15) is 6.17 Å². The first-order valence-corrected chi connectivity index (χ1v) is 9.19. The van der Waals surface area contributed by atoms with Crippen molar-refractivity contribution in [2.24, 2.45) is 5.92 Å². The second-order valence-corrected chi connectivity index (χ2v) is 8.44. The summed E-state index contributed by atoms with van der Waals surface area (Å²) in [6.07, 6.45) is 4.92. The second-order valence-electron chi connectivity index (χ2n) is 6.95. The molecule has 1 atom stereocenters. The van der Waals surface area contributed by atoms with E-state index in [1.807, 2.05) is 35.0 Å². The van der Waals surface area contributed by atoms with Crippen LogP contribution in [0.2, 0.25) is 0 Å². The van der Waals surface area contributed by atoms with Gasteiger partial charge in [-0.1, -0.05) is 6.07 Å². The van der Waals surface area contributed by atoms with Crippen molar-refractivity contribution in [2.45, 2.75) is 42.9 Å². The molecule has 1 spiro atoms. The SMILES string of the molecule is O=C(C1CC(F)C1)N1CC2(CC(OCc3cccnc3)CS2)C1. The monoisotopic (exact) mass is 336 g/mol. The third-order valence-electron chi connectivity index (χ3n) is 5.08. The molecule has 1 amide bonds. The molecule has 3 fully saturated rings. The van der Waals surface area contributed by atoms with Gasteiger partial charge in [-0.05, 0) is 30.9 Å². The highest BCUT2D eigenvalue weighted by Crippen LogP contribution is 2.47. The van der Waals surface area contributed by atoms with Crippen LogP contribution in [0.5, 0.6) is 0 Å². The van der Waals surface area contributed by atoms with E-state index in [1.165, 1.54) is 0 Å². The zero-order valence-electron chi connectivity index (χ0n) is 13.0. The Bertz CT molecular complexity index is 573. The number of ether oxygens (including phenoxy) is 1. The van der Waals surface area contributed by atoms with Crippen molar-refractivity contribution < 1.29 is 13.9 Å². The minimum atomic E-state index is -0.759. The van der Waals surface area contributed by atoms with Crippen LogP contribution in [0.3, 0.4) is 0 Å². The zero-order chi connectivity index (χ0) is 15.9. The summed E-state index contributed by atoms with van der Waals surface area (Å²) in [6.45, 7) is 2.20. The van der Waals surface area contributed by atoms with Gasteiger partial charge in [-0.25, -0.2) is 4.39 Å². The van der Waals surface area contributed by atoms with Gasteiger partial charge in [0.15, 0.2) is 0 Å². The molecule has 1 saturated carbocycles. The van der Waals surface area contributed by atoms with Crippen LogP contribution in [0.1, 0.15) is 24.8 Å². The number of halogens is 1. The van der Waals surface area contributed by atoms with E-state index in [1.54, 1.807) is 6.20 Å². The van der Waals surface area contributed by atoms with E-state index in [4.69, 9.17) is 4.74 Å². The van der Waals surface area contributed by atoms with E-state index >= 15 is 0 Å². The number of carbonyl (C=O) groups excluding carboxylic acids is 1. The number of aromatic nitrogens is 1. The number of hydrogen-bond donors (Lipinski definition) is 0. The average Bonchev–Trinajstić information content (AvgIpc) is 2.93. The molecule has 6 heteroatoms. The van der Waals surface area contributed by atoms with Crippen molar-refractivity contribution in [2.75, 3.05) is 18.8 Å². The van der Waals surface area contributed by atoms with Crippen molar-refractivity contribution in [3.63, 3.8) is 0 Å². The molecule has 1 aromatic heterocycles. The molecule has 2 aliphatic heterocycles. The lowest BCUT2D eigenvalue weighted by Crippen LogP contribution is -2.62. The Morgan fingerprint density at radius 1 is 1.48 bits per heavy atom. The molecular weight excluding hydrogens is 315 g/mol. The topological polar surface area (TPSA) is 42.4 Å². The maximum absolute atomic E-state index is 12.9. The number of amides is 1. The summed E-state index contributed by atoms with van der Waals surface area (Å²) >= 11 is 1.93. The Hall–Kier alpha value is -1.14. The molecule has 1 unspecified atom stereocenters. The Balaban J connectivity index is 1.23. The lowest BCUT2D eigenvalue weighted by atomic mass is 9.80. The van der Waals surface area contributed by atoms with Crippen LogP contribution >= 0.6 is 11.8 Å². The summed E-state index contributed by atoms with van der Waals surface area (Å²) in [5.74, 6) is 1.08. The maximum atomic E-state index is 12.9. The van der Waals surface area contributed by atoms with E-state index in [0.717, 1.165) is 30.8 Å². The van der Waals surface area contributed by atoms with Gasteiger partial charge < -0.3 is 9.64 Å². The van der Waals surface area contributed by atoms with E-state index < -0.39 is 6.17 Å². The van der Waals surface area contributed by atoms with Crippen LogP contribution in [0.15, 0.2) is 24.5 Å². The van der Waals surface area contributed by atoms with Gasteiger partial charge in [-0.15, -0.1) is 11.8 Å². The Morgan fingerprint density at radius 3 is 3.00 bits per heavy atom. The lowest BCUT2D eigenvalue weighted by molar-refractivity contribution is -0.146. The molecule has 3 heterocycles. The molecule has 2 saturated heterocycles. The normalized spacial score (nSPS) is 31.7. The highest BCUT2D eigenvalue weighted by molar-refractivity contribution is 8.01. The van der Waals surface area contributed by atoms with Crippen LogP contribution in [0, 0.1) is 5.92 Å². The van der Waals surface area contributed by atoms with Crippen molar-refractivity contribution in [1.29, 1.82) is 0 Å². The lowest BCUT2D eigenvalue weighted by Gasteiger charge is -2.49. The first-order chi connectivity index (χ1) is 11.1. The highest BCUT2D eigenvalue weighted by atomic mass is 32.2. The third-order valence-corrected chi connectivity index (χ3v) is 6.66. The first kappa shape index (κ1) is 15.4. The Kier molecular flexibility index (Phi) is 4.05. The largest absolute Gasteiger partial charge is 0.373 e. The third kappa shape index (κ3) is 3.11. The van der Waals surface area contributed by atoms with Gasteiger partial charge >= 0.3 is 0 Å².